The molecule has 6 nitrogen and oxygen atoms in total. The predicted octanol–water partition coefficient (Wildman–Crippen LogP) is 1.45. The van der Waals surface area contributed by atoms with Crippen molar-refractivity contribution in [1.29, 1.82) is 0 Å². The van der Waals surface area contributed by atoms with Gasteiger partial charge in [0.2, 0.25) is 5.91 Å². The van der Waals surface area contributed by atoms with E-state index in [4.69, 9.17) is 0 Å². The average molecular weight is 401 g/mol. The number of aliphatic hydroxyl groups is 2. The minimum absolute atomic E-state index is 0.0255. The van der Waals surface area contributed by atoms with Crippen LogP contribution in [0, 0.1) is 5.92 Å². The van der Waals surface area contributed by atoms with Gasteiger partial charge >= 0.3 is 0 Å². The molecule has 3 fully saturated rings. The molecule has 1 aliphatic heterocycles. The van der Waals surface area contributed by atoms with Gasteiger partial charge in [-0.25, -0.2) is 0 Å². The van der Waals surface area contributed by atoms with Gasteiger partial charge in [0, 0.05) is 30.8 Å². The number of hydrogen-bond donors (Lipinski definition) is 4. The molecule has 2 bridgehead atoms. The number of carbonyl (C=O) groups is 1. The first-order valence-corrected chi connectivity index (χ1v) is 11.1. The number of hydrogen-bond acceptors (Lipinski definition) is 5. The Hall–Kier alpha value is -1.63. The van der Waals surface area contributed by atoms with Crippen molar-refractivity contribution < 1.29 is 20.1 Å². The predicted molar refractivity (Wildman–Crippen MR) is 109 cm³/mol. The van der Waals surface area contributed by atoms with Gasteiger partial charge in [-0.3, -0.25) is 9.69 Å². The number of likely N-dealkylation sites (tertiary alicyclic amines) is 1. The monoisotopic (exact) mass is 400 g/mol. The van der Waals surface area contributed by atoms with Crippen LogP contribution in [0.4, 0.5) is 0 Å². The van der Waals surface area contributed by atoms with E-state index in [2.05, 4.69) is 10.2 Å². The molecule has 5 unspecified atom stereocenters. The van der Waals surface area contributed by atoms with Crippen LogP contribution in [0.1, 0.15) is 56.6 Å². The van der Waals surface area contributed by atoms with Crippen molar-refractivity contribution in [3.63, 3.8) is 0 Å². The van der Waals surface area contributed by atoms with E-state index < -0.39 is 23.2 Å². The summed E-state index contributed by atoms with van der Waals surface area (Å²) in [6, 6.07) is 5.04. The molecule has 0 spiro atoms. The van der Waals surface area contributed by atoms with Crippen molar-refractivity contribution in [2.75, 3.05) is 13.1 Å². The Balaban J connectivity index is 1.58. The highest BCUT2D eigenvalue weighted by molar-refractivity contribution is 5.76. The molecule has 1 saturated heterocycles. The minimum Gasteiger partial charge on any atom is -0.508 e. The van der Waals surface area contributed by atoms with E-state index in [0.29, 0.717) is 19.3 Å². The maximum absolute atomic E-state index is 12.3. The van der Waals surface area contributed by atoms with Gasteiger partial charge < -0.3 is 20.6 Å². The zero-order valence-electron chi connectivity index (χ0n) is 17.1. The van der Waals surface area contributed by atoms with Gasteiger partial charge in [-0.1, -0.05) is 13.0 Å². The van der Waals surface area contributed by atoms with Crippen molar-refractivity contribution in [3.05, 3.63) is 29.3 Å². The lowest BCUT2D eigenvalue weighted by atomic mass is 9.48. The summed E-state index contributed by atoms with van der Waals surface area (Å²) in [5.74, 6) is 0.842. The van der Waals surface area contributed by atoms with Gasteiger partial charge in [0.25, 0.3) is 0 Å². The van der Waals surface area contributed by atoms with Gasteiger partial charge in [-0.15, -0.1) is 0 Å². The third-order valence-electron chi connectivity index (χ3n) is 8.08. The second-order valence-electron chi connectivity index (χ2n) is 9.76. The summed E-state index contributed by atoms with van der Waals surface area (Å²) < 4.78 is 0. The molecular weight excluding hydrogens is 368 g/mol. The standard InChI is InChI=1S/C23H32N2O4/c1-2-21(28)24-18-11-23(29)20-9-15-5-6-16(26)10-17(15)22(23,12-19(18)27)7-8-25(20)13-14-3-4-14/h5-6,10,14,18-20,26-27,29H,2-4,7-9,11-13H2,1H3,(H,24,28). The van der Waals surface area contributed by atoms with Crippen molar-refractivity contribution in [2.45, 2.75) is 81.1 Å². The lowest BCUT2D eigenvalue weighted by Gasteiger charge is -2.65. The molecular formula is C23H32N2O4. The molecule has 1 aromatic rings. The smallest absolute Gasteiger partial charge is 0.220 e. The molecule has 158 valence electrons. The summed E-state index contributed by atoms with van der Waals surface area (Å²) in [4.78, 5) is 14.5. The number of amides is 1. The Morgan fingerprint density at radius 3 is 2.83 bits per heavy atom. The molecule has 3 aliphatic carbocycles. The third kappa shape index (κ3) is 2.91. The van der Waals surface area contributed by atoms with Gasteiger partial charge in [-0.05, 0) is 67.8 Å². The van der Waals surface area contributed by atoms with Gasteiger partial charge in [0.15, 0.2) is 0 Å². The van der Waals surface area contributed by atoms with Crippen LogP contribution in [0.25, 0.3) is 0 Å². The Bertz CT molecular complexity index is 825. The van der Waals surface area contributed by atoms with Gasteiger partial charge in [-0.2, -0.15) is 0 Å². The second-order valence-corrected chi connectivity index (χ2v) is 9.76. The number of rotatable bonds is 4. The zero-order chi connectivity index (χ0) is 20.4. The highest BCUT2D eigenvalue weighted by atomic mass is 16.3. The summed E-state index contributed by atoms with van der Waals surface area (Å²) >= 11 is 0. The normalized spacial score (nSPS) is 38.8. The highest BCUT2D eigenvalue weighted by Gasteiger charge is 2.66. The van der Waals surface area contributed by atoms with Gasteiger partial charge in [0.1, 0.15) is 5.75 Å². The molecule has 5 rings (SSSR count). The summed E-state index contributed by atoms with van der Waals surface area (Å²) in [7, 11) is 0. The first-order valence-electron chi connectivity index (χ1n) is 11.1. The van der Waals surface area contributed by atoms with E-state index in [1.54, 1.807) is 19.1 Å². The number of fused-ring (bicyclic) bond motifs is 1. The quantitative estimate of drug-likeness (QED) is 0.614. The molecule has 4 aliphatic rings. The molecule has 1 aromatic carbocycles. The first kappa shape index (κ1) is 19.3. The molecule has 5 atom stereocenters. The number of phenols is 1. The molecule has 2 saturated carbocycles. The van der Waals surface area contributed by atoms with Gasteiger partial charge in [0.05, 0.1) is 17.7 Å². The third-order valence-corrected chi connectivity index (χ3v) is 8.08. The molecule has 0 aromatic heterocycles. The Kier molecular flexibility index (Phi) is 4.46. The van der Waals surface area contributed by atoms with Crippen molar-refractivity contribution >= 4 is 5.91 Å². The first-order chi connectivity index (χ1) is 13.9. The molecule has 1 amide bonds. The maximum Gasteiger partial charge on any atom is 0.220 e. The number of benzene rings is 1. The summed E-state index contributed by atoms with van der Waals surface area (Å²) in [6.45, 7) is 3.72. The number of carbonyl (C=O) groups excluding carboxylic acids is 1. The van der Waals surface area contributed by atoms with Crippen molar-refractivity contribution in [3.8, 4) is 5.75 Å². The van der Waals surface area contributed by atoms with Crippen LogP contribution in [0.3, 0.4) is 0 Å². The van der Waals surface area contributed by atoms with Crippen LogP contribution in [-0.4, -0.2) is 63.0 Å². The molecule has 4 N–H and O–H groups in total. The fourth-order valence-electron chi connectivity index (χ4n) is 6.39. The van der Waals surface area contributed by atoms with E-state index in [1.165, 1.54) is 18.4 Å². The Labute approximate surface area is 171 Å². The van der Waals surface area contributed by atoms with Crippen molar-refractivity contribution in [2.24, 2.45) is 5.92 Å². The lowest BCUT2D eigenvalue weighted by Crippen LogP contribution is -2.76. The number of phenolic OH excluding ortho intramolecular Hbond substituents is 1. The van der Waals surface area contributed by atoms with Crippen LogP contribution in [-0.2, 0) is 16.6 Å². The summed E-state index contributed by atoms with van der Waals surface area (Å²) in [6.07, 6.45) is 4.44. The fraction of sp³-hybridized carbons (Fsp3) is 0.696. The van der Waals surface area contributed by atoms with Crippen LogP contribution in [0.2, 0.25) is 0 Å². The molecule has 1 heterocycles. The zero-order valence-corrected chi connectivity index (χ0v) is 17.1. The van der Waals surface area contributed by atoms with E-state index >= 15 is 0 Å². The maximum atomic E-state index is 12.3. The van der Waals surface area contributed by atoms with Crippen LogP contribution in [0.5, 0.6) is 5.75 Å². The minimum atomic E-state index is -1.04. The van der Waals surface area contributed by atoms with Crippen LogP contribution in [0.15, 0.2) is 18.2 Å². The van der Waals surface area contributed by atoms with Crippen LogP contribution < -0.4 is 5.32 Å². The Morgan fingerprint density at radius 1 is 1.31 bits per heavy atom. The summed E-state index contributed by atoms with van der Waals surface area (Å²) in [5, 5.41) is 36.4. The highest BCUT2D eigenvalue weighted by Crippen LogP contribution is 2.58. The van der Waals surface area contributed by atoms with Crippen molar-refractivity contribution in [1.82, 2.24) is 10.2 Å². The molecule has 29 heavy (non-hydrogen) atoms. The van der Waals surface area contributed by atoms with E-state index in [0.717, 1.165) is 37.4 Å². The Morgan fingerprint density at radius 2 is 2.10 bits per heavy atom. The largest absolute Gasteiger partial charge is 0.508 e. The topological polar surface area (TPSA) is 93.0 Å². The number of aliphatic hydroxyl groups excluding tert-OH is 1. The fourth-order valence-corrected chi connectivity index (χ4v) is 6.39. The number of nitrogens with one attached hydrogen (secondary N) is 1. The van der Waals surface area contributed by atoms with E-state index in [1.807, 2.05) is 6.07 Å². The number of aromatic hydroxyl groups is 1. The van der Waals surface area contributed by atoms with E-state index in [-0.39, 0.29) is 17.7 Å². The SMILES string of the molecule is CCC(=O)NC1CC2(O)C3Cc4ccc(O)cc4C2(CCN3CC2CC2)CC1O. The molecule has 6 heteroatoms. The van der Waals surface area contributed by atoms with E-state index in [9.17, 15) is 20.1 Å². The average Bonchev–Trinajstić information content (AvgIpc) is 3.50. The number of nitrogens with zero attached hydrogens (tertiary/aromatic N) is 1. The molecule has 0 radical (unpaired) electrons. The second kappa shape index (κ2) is 6.69. The lowest BCUT2D eigenvalue weighted by molar-refractivity contribution is -0.190. The number of piperidine rings is 1. The summed E-state index contributed by atoms with van der Waals surface area (Å²) in [5.41, 5.74) is 0.533. The van der Waals surface area contributed by atoms with Crippen LogP contribution >= 0.6 is 0 Å².